The average molecular weight is 361 g/mol. The number of pyridine rings is 1. The normalized spacial score (nSPS) is 10.6. The Kier molecular flexibility index (Phi) is 5.13. The van der Waals surface area contributed by atoms with E-state index in [0.29, 0.717) is 4.57 Å². The van der Waals surface area contributed by atoms with Crippen LogP contribution in [0, 0.1) is 18.2 Å². The van der Waals surface area contributed by atoms with Crippen molar-refractivity contribution < 1.29 is 18.0 Å². The maximum absolute atomic E-state index is 13.2. The number of hydrogen-bond donors (Lipinski definition) is 1. The minimum atomic E-state index is -2.77. The van der Waals surface area contributed by atoms with Gasteiger partial charge in [0.2, 0.25) is 0 Å². The van der Waals surface area contributed by atoms with E-state index in [9.17, 15) is 22.8 Å². The number of nitrogens with one attached hydrogen (secondary N) is 1. The van der Waals surface area contributed by atoms with Gasteiger partial charge in [0.1, 0.15) is 4.34 Å². The molecule has 2 aromatic rings. The smallest absolute Gasteiger partial charge is 0.266 e. The summed E-state index contributed by atoms with van der Waals surface area (Å²) >= 11 is 6.25. The molecule has 0 aliphatic heterocycles. The predicted octanol–water partition coefficient (Wildman–Crippen LogP) is 3.20. The molecule has 4 nitrogen and oxygen atoms in total. The van der Waals surface area contributed by atoms with Crippen molar-refractivity contribution in [3.8, 4) is 12.3 Å². The van der Waals surface area contributed by atoms with Crippen molar-refractivity contribution in [3.63, 3.8) is 0 Å². The third kappa shape index (κ3) is 3.94. The first-order valence-corrected chi connectivity index (χ1v) is 7.26. The van der Waals surface area contributed by atoms with Crippen LogP contribution < -0.4 is 10.9 Å². The van der Waals surface area contributed by atoms with Crippen LogP contribution in [0.2, 0.25) is 4.34 Å². The molecular formula is C14H8ClF3N2O2S. The summed E-state index contributed by atoms with van der Waals surface area (Å²) in [6, 6.07) is 2.12. The van der Waals surface area contributed by atoms with Crippen LogP contribution in [0.3, 0.4) is 0 Å². The molecule has 120 valence electrons. The highest BCUT2D eigenvalue weighted by molar-refractivity contribution is 7.18. The molecule has 0 aliphatic carbocycles. The molecule has 1 amide bonds. The maximum Gasteiger partial charge on any atom is 0.266 e. The molecule has 0 saturated heterocycles. The second-order valence-electron chi connectivity index (χ2n) is 4.32. The summed E-state index contributed by atoms with van der Waals surface area (Å²) in [5, 5.41) is 2.36. The summed E-state index contributed by atoms with van der Waals surface area (Å²) in [6.07, 6.45) is 3.43. The predicted molar refractivity (Wildman–Crippen MR) is 81.9 cm³/mol. The van der Waals surface area contributed by atoms with Crippen molar-refractivity contribution in [2.45, 2.75) is 13.0 Å². The van der Waals surface area contributed by atoms with Crippen LogP contribution >= 0.6 is 22.9 Å². The lowest BCUT2D eigenvalue weighted by Gasteiger charge is -2.10. The molecule has 0 fully saturated rings. The summed E-state index contributed by atoms with van der Waals surface area (Å²) in [4.78, 5) is 23.8. The van der Waals surface area contributed by atoms with E-state index < -0.39 is 30.3 Å². The van der Waals surface area contributed by atoms with Gasteiger partial charge in [-0.3, -0.25) is 9.59 Å². The van der Waals surface area contributed by atoms with E-state index in [1.807, 2.05) is 0 Å². The molecule has 0 aliphatic rings. The fourth-order valence-corrected chi connectivity index (χ4v) is 2.70. The number of aromatic nitrogens is 1. The topological polar surface area (TPSA) is 51.1 Å². The van der Waals surface area contributed by atoms with E-state index >= 15 is 0 Å². The van der Waals surface area contributed by atoms with Crippen molar-refractivity contribution in [1.82, 2.24) is 4.57 Å². The molecule has 23 heavy (non-hydrogen) atoms. The highest BCUT2D eigenvalue weighted by atomic mass is 35.5. The van der Waals surface area contributed by atoms with Crippen LogP contribution in [0.1, 0.15) is 15.2 Å². The monoisotopic (exact) mass is 360 g/mol. The van der Waals surface area contributed by atoms with Gasteiger partial charge in [-0.1, -0.05) is 17.5 Å². The molecule has 0 bridgehead atoms. The van der Waals surface area contributed by atoms with Crippen LogP contribution in [0.5, 0.6) is 0 Å². The number of alkyl halides is 2. The third-order valence-corrected chi connectivity index (χ3v) is 4.01. The Morgan fingerprint density at radius 2 is 2.17 bits per heavy atom. The highest BCUT2D eigenvalue weighted by Gasteiger charge is 2.16. The SMILES string of the molecule is C#Cc1cc(NC(=O)c2cc(F)c(Cl)s2)cn(CC(F)F)c1=O. The number of rotatable bonds is 4. The van der Waals surface area contributed by atoms with Crippen LogP contribution in [0.4, 0.5) is 18.9 Å². The number of anilines is 1. The Labute approximate surface area is 137 Å². The number of carbonyl (C=O) groups is 1. The summed E-state index contributed by atoms with van der Waals surface area (Å²) in [7, 11) is 0. The van der Waals surface area contributed by atoms with Gasteiger partial charge >= 0.3 is 0 Å². The number of halogens is 4. The first-order valence-electron chi connectivity index (χ1n) is 6.07. The first-order chi connectivity index (χ1) is 10.8. The summed E-state index contributed by atoms with van der Waals surface area (Å²) in [5.41, 5.74) is -0.914. The Bertz CT molecular complexity index is 835. The molecule has 0 atom stereocenters. The Morgan fingerprint density at radius 1 is 1.48 bits per heavy atom. The number of carbonyl (C=O) groups excluding carboxylic acids is 1. The van der Waals surface area contributed by atoms with Crippen molar-refractivity contribution >= 4 is 34.5 Å². The van der Waals surface area contributed by atoms with E-state index in [4.69, 9.17) is 18.0 Å². The second kappa shape index (κ2) is 6.89. The molecule has 2 aromatic heterocycles. The fourth-order valence-electron chi connectivity index (χ4n) is 1.74. The number of thiophene rings is 1. The molecule has 0 unspecified atom stereocenters. The second-order valence-corrected chi connectivity index (χ2v) is 5.98. The van der Waals surface area contributed by atoms with Crippen molar-refractivity contribution in [1.29, 1.82) is 0 Å². The van der Waals surface area contributed by atoms with E-state index in [-0.39, 0.29) is 20.5 Å². The summed E-state index contributed by atoms with van der Waals surface area (Å²) in [6.45, 7) is -0.864. The van der Waals surface area contributed by atoms with Gasteiger partial charge in [0.05, 0.1) is 22.7 Å². The number of amides is 1. The van der Waals surface area contributed by atoms with E-state index in [2.05, 4.69) is 11.2 Å². The fraction of sp³-hybridized carbons (Fsp3) is 0.143. The Morgan fingerprint density at radius 3 is 2.70 bits per heavy atom. The minimum Gasteiger partial charge on any atom is -0.320 e. The van der Waals surface area contributed by atoms with Gasteiger partial charge in [0, 0.05) is 6.20 Å². The molecule has 0 spiro atoms. The maximum atomic E-state index is 13.2. The van der Waals surface area contributed by atoms with Gasteiger partial charge in [0.25, 0.3) is 17.9 Å². The van der Waals surface area contributed by atoms with E-state index in [1.54, 1.807) is 0 Å². The molecule has 1 N–H and O–H groups in total. The van der Waals surface area contributed by atoms with E-state index in [0.717, 1.165) is 23.6 Å². The van der Waals surface area contributed by atoms with Crippen LogP contribution in [-0.2, 0) is 6.54 Å². The van der Waals surface area contributed by atoms with Gasteiger partial charge in [-0.05, 0) is 12.1 Å². The standard InChI is InChI=1S/C14H8ClF3N2O2S/c1-2-7-3-8(5-20(14(7)22)6-11(17)18)19-13(21)10-4-9(16)12(15)23-10/h1,3-5,11H,6H2,(H,19,21). The van der Waals surface area contributed by atoms with Crippen molar-refractivity contribution in [2.24, 2.45) is 0 Å². The first kappa shape index (κ1) is 17.1. The van der Waals surface area contributed by atoms with Crippen LogP contribution in [0.25, 0.3) is 0 Å². The van der Waals surface area contributed by atoms with Crippen molar-refractivity contribution in [2.75, 3.05) is 5.32 Å². The van der Waals surface area contributed by atoms with Crippen LogP contribution in [0.15, 0.2) is 23.1 Å². The zero-order valence-corrected chi connectivity index (χ0v) is 12.9. The lowest BCUT2D eigenvalue weighted by molar-refractivity contribution is 0.103. The quantitative estimate of drug-likeness (QED) is 0.851. The lowest BCUT2D eigenvalue weighted by atomic mass is 10.2. The number of terminal acetylenes is 1. The summed E-state index contributed by atoms with van der Waals surface area (Å²) in [5.74, 6) is 0.623. The van der Waals surface area contributed by atoms with Gasteiger partial charge in [-0.15, -0.1) is 17.8 Å². The van der Waals surface area contributed by atoms with Crippen molar-refractivity contribution in [3.05, 3.63) is 49.3 Å². The van der Waals surface area contributed by atoms with Gasteiger partial charge < -0.3 is 9.88 Å². The summed E-state index contributed by atoms with van der Waals surface area (Å²) < 4.78 is 38.7. The number of nitrogens with zero attached hydrogens (tertiary/aromatic N) is 1. The molecule has 2 heterocycles. The lowest BCUT2D eigenvalue weighted by Crippen LogP contribution is -2.26. The third-order valence-electron chi connectivity index (χ3n) is 2.70. The van der Waals surface area contributed by atoms with Gasteiger partial charge in [0.15, 0.2) is 5.82 Å². The van der Waals surface area contributed by atoms with E-state index in [1.165, 1.54) is 6.07 Å². The largest absolute Gasteiger partial charge is 0.320 e. The molecule has 9 heteroatoms. The Hall–Kier alpha value is -2.24. The molecule has 0 saturated carbocycles. The average Bonchev–Trinajstić information content (AvgIpc) is 2.81. The minimum absolute atomic E-state index is 0.0126. The molecule has 0 aromatic carbocycles. The molecular weight excluding hydrogens is 353 g/mol. The van der Waals surface area contributed by atoms with Gasteiger partial charge in [-0.25, -0.2) is 13.2 Å². The molecule has 0 radical (unpaired) electrons. The Balaban J connectivity index is 2.34. The van der Waals surface area contributed by atoms with Gasteiger partial charge in [-0.2, -0.15) is 0 Å². The zero-order chi connectivity index (χ0) is 17.1. The zero-order valence-electron chi connectivity index (χ0n) is 11.3. The number of hydrogen-bond acceptors (Lipinski definition) is 3. The highest BCUT2D eigenvalue weighted by Crippen LogP contribution is 2.26. The van der Waals surface area contributed by atoms with Crippen LogP contribution in [-0.4, -0.2) is 16.9 Å². The molecule has 2 rings (SSSR count).